The van der Waals surface area contributed by atoms with Gasteiger partial charge in [0.1, 0.15) is 0 Å². The fraction of sp³-hybridized carbons (Fsp3) is 0.357. The van der Waals surface area contributed by atoms with Crippen molar-refractivity contribution in [3.63, 3.8) is 0 Å². The van der Waals surface area contributed by atoms with Crippen molar-refractivity contribution in [2.75, 3.05) is 5.32 Å². The van der Waals surface area contributed by atoms with Crippen molar-refractivity contribution < 1.29 is 18.0 Å². The summed E-state index contributed by atoms with van der Waals surface area (Å²) in [5.41, 5.74) is 0.137. The van der Waals surface area contributed by atoms with Crippen molar-refractivity contribution in [1.82, 2.24) is 0 Å². The van der Waals surface area contributed by atoms with Gasteiger partial charge in [0.25, 0.3) is 0 Å². The van der Waals surface area contributed by atoms with Crippen LogP contribution in [0, 0.1) is 17.3 Å². The molecule has 0 spiro atoms. The smallest absolute Gasteiger partial charge is 0.317 e. The van der Waals surface area contributed by atoms with Gasteiger partial charge in [-0.1, -0.05) is 24.0 Å². The van der Waals surface area contributed by atoms with Crippen LogP contribution in [0.15, 0.2) is 24.3 Å². The van der Waals surface area contributed by atoms with E-state index in [-0.39, 0.29) is 11.1 Å². The molecular weight excluding hydrogens is 255 g/mol. The SMILES string of the molecule is CC(C)(C)C#Cc1ccccc1NC(=O)C(F)(F)F. The van der Waals surface area contributed by atoms with Crippen LogP contribution < -0.4 is 5.32 Å². The second-order valence-corrected chi connectivity index (χ2v) is 5.00. The molecule has 0 aliphatic heterocycles. The van der Waals surface area contributed by atoms with Crippen LogP contribution in [0.5, 0.6) is 0 Å². The highest BCUT2D eigenvalue weighted by Gasteiger charge is 2.38. The summed E-state index contributed by atoms with van der Waals surface area (Å²) in [4.78, 5) is 10.9. The lowest BCUT2D eigenvalue weighted by Gasteiger charge is -2.10. The second kappa shape index (κ2) is 5.35. The lowest BCUT2D eigenvalue weighted by molar-refractivity contribution is -0.167. The lowest BCUT2D eigenvalue weighted by Crippen LogP contribution is -2.30. The number of anilines is 1. The maximum atomic E-state index is 12.2. The van der Waals surface area contributed by atoms with Crippen LogP contribution in [0.1, 0.15) is 26.3 Å². The molecule has 2 nitrogen and oxygen atoms in total. The second-order valence-electron chi connectivity index (χ2n) is 5.00. The number of para-hydroxylation sites is 1. The minimum absolute atomic E-state index is 0.0570. The Labute approximate surface area is 110 Å². The number of hydrogen-bond acceptors (Lipinski definition) is 1. The van der Waals surface area contributed by atoms with E-state index in [2.05, 4.69) is 11.8 Å². The zero-order valence-corrected chi connectivity index (χ0v) is 10.9. The minimum atomic E-state index is -4.91. The zero-order chi connectivity index (χ0) is 14.7. The van der Waals surface area contributed by atoms with Gasteiger partial charge >= 0.3 is 12.1 Å². The monoisotopic (exact) mass is 269 g/mol. The summed E-state index contributed by atoms with van der Waals surface area (Å²) in [7, 11) is 0. The Balaban J connectivity index is 3.03. The summed E-state index contributed by atoms with van der Waals surface area (Å²) in [5, 5.41) is 1.82. The summed E-state index contributed by atoms with van der Waals surface area (Å²) in [6, 6.07) is 6.13. The van der Waals surface area contributed by atoms with E-state index in [9.17, 15) is 18.0 Å². The number of carbonyl (C=O) groups is 1. The van der Waals surface area contributed by atoms with Gasteiger partial charge in [-0.3, -0.25) is 4.79 Å². The summed E-state index contributed by atoms with van der Waals surface area (Å²) >= 11 is 0. The summed E-state index contributed by atoms with van der Waals surface area (Å²) in [5.74, 6) is 3.68. The Morgan fingerprint density at radius 3 is 2.26 bits per heavy atom. The predicted molar refractivity (Wildman–Crippen MR) is 67.5 cm³/mol. The molecule has 102 valence electrons. The summed E-state index contributed by atoms with van der Waals surface area (Å²) in [6.07, 6.45) is -4.91. The number of benzene rings is 1. The molecular formula is C14H14F3NO. The largest absolute Gasteiger partial charge is 0.471 e. The molecule has 0 saturated heterocycles. The number of rotatable bonds is 1. The van der Waals surface area contributed by atoms with Gasteiger partial charge in [-0.25, -0.2) is 0 Å². The Bertz CT molecular complexity index is 530. The van der Waals surface area contributed by atoms with E-state index < -0.39 is 12.1 Å². The maximum absolute atomic E-state index is 12.2. The van der Waals surface area contributed by atoms with Gasteiger partial charge in [0, 0.05) is 11.0 Å². The number of amides is 1. The van der Waals surface area contributed by atoms with Gasteiger partial charge in [0.15, 0.2) is 0 Å². The fourth-order valence-electron chi connectivity index (χ4n) is 1.15. The maximum Gasteiger partial charge on any atom is 0.471 e. The first-order valence-electron chi connectivity index (χ1n) is 5.60. The van der Waals surface area contributed by atoms with Crippen LogP contribution in [-0.2, 0) is 4.79 Å². The number of nitrogens with one attached hydrogen (secondary N) is 1. The van der Waals surface area contributed by atoms with Crippen molar-refractivity contribution in [1.29, 1.82) is 0 Å². The quantitative estimate of drug-likeness (QED) is 0.776. The van der Waals surface area contributed by atoms with E-state index in [0.29, 0.717) is 5.56 Å². The Morgan fingerprint density at radius 1 is 1.16 bits per heavy atom. The van der Waals surface area contributed by atoms with Crippen molar-refractivity contribution in [3.05, 3.63) is 29.8 Å². The zero-order valence-electron chi connectivity index (χ0n) is 10.9. The highest BCUT2D eigenvalue weighted by molar-refractivity contribution is 5.96. The van der Waals surface area contributed by atoms with Crippen molar-refractivity contribution in [2.24, 2.45) is 5.41 Å². The molecule has 0 unspecified atom stereocenters. The first-order valence-corrected chi connectivity index (χ1v) is 5.60. The highest BCUT2D eigenvalue weighted by Crippen LogP contribution is 2.21. The van der Waals surface area contributed by atoms with Crippen LogP contribution in [0.2, 0.25) is 0 Å². The molecule has 1 N–H and O–H groups in total. The fourth-order valence-corrected chi connectivity index (χ4v) is 1.15. The molecule has 1 aromatic carbocycles. The molecule has 0 fully saturated rings. The van der Waals surface area contributed by atoms with Crippen molar-refractivity contribution in [3.8, 4) is 11.8 Å². The molecule has 0 heterocycles. The van der Waals surface area contributed by atoms with Gasteiger partial charge < -0.3 is 5.32 Å². The molecule has 5 heteroatoms. The third-order valence-electron chi connectivity index (χ3n) is 2.00. The third-order valence-corrected chi connectivity index (χ3v) is 2.00. The number of hydrogen-bond donors (Lipinski definition) is 1. The molecule has 1 amide bonds. The van der Waals surface area contributed by atoms with Crippen LogP contribution in [-0.4, -0.2) is 12.1 Å². The van der Waals surface area contributed by atoms with Crippen molar-refractivity contribution >= 4 is 11.6 Å². The van der Waals surface area contributed by atoms with E-state index in [1.54, 1.807) is 12.1 Å². The van der Waals surface area contributed by atoms with Crippen LogP contribution >= 0.6 is 0 Å². The molecule has 0 bridgehead atoms. The minimum Gasteiger partial charge on any atom is -0.317 e. The molecule has 0 atom stereocenters. The van der Waals surface area contributed by atoms with Crippen LogP contribution in [0.25, 0.3) is 0 Å². The van der Waals surface area contributed by atoms with E-state index >= 15 is 0 Å². The Kier molecular flexibility index (Phi) is 4.25. The topological polar surface area (TPSA) is 29.1 Å². The Hall–Kier alpha value is -1.96. The third kappa shape index (κ3) is 5.04. The van der Waals surface area contributed by atoms with Gasteiger partial charge in [-0.15, -0.1) is 0 Å². The van der Waals surface area contributed by atoms with Crippen LogP contribution in [0.4, 0.5) is 18.9 Å². The molecule has 0 aliphatic rings. The van der Waals surface area contributed by atoms with E-state index in [4.69, 9.17) is 0 Å². The first-order chi connectivity index (χ1) is 8.59. The summed E-state index contributed by atoms with van der Waals surface area (Å²) in [6.45, 7) is 5.66. The van der Waals surface area contributed by atoms with Gasteiger partial charge in [0.05, 0.1) is 5.69 Å². The average Bonchev–Trinajstić information content (AvgIpc) is 2.25. The molecule has 0 radical (unpaired) electrons. The molecule has 19 heavy (non-hydrogen) atoms. The normalized spacial score (nSPS) is 11.5. The summed E-state index contributed by atoms with van der Waals surface area (Å²) < 4.78 is 36.6. The first kappa shape index (κ1) is 15.1. The average molecular weight is 269 g/mol. The molecule has 0 aliphatic carbocycles. The molecule has 0 aromatic heterocycles. The highest BCUT2D eigenvalue weighted by atomic mass is 19.4. The van der Waals surface area contributed by atoms with E-state index in [1.807, 2.05) is 26.1 Å². The standard InChI is InChI=1S/C14H14F3NO/c1-13(2,3)9-8-10-6-4-5-7-11(10)18-12(19)14(15,16)17/h4-7H,1-3H3,(H,18,19). The van der Waals surface area contributed by atoms with Gasteiger partial charge in [-0.05, 0) is 32.9 Å². The van der Waals surface area contributed by atoms with Crippen molar-refractivity contribution in [2.45, 2.75) is 26.9 Å². The number of halogens is 3. The van der Waals surface area contributed by atoms with Crippen LogP contribution in [0.3, 0.4) is 0 Å². The number of alkyl halides is 3. The molecule has 1 rings (SSSR count). The van der Waals surface area contributed by atoms with Gasteiger partial charge in [-0.2, -0.15) is 13.2 Å². The molecule has 1 aromatic rings. The van der Waals surface area contributed by atoms with E-state index in [1.165, 1.54) is 12.1 Å². The Morgan fingerprint density at radius 2 is 1.74 bits per heavy atom. The van der Waals surface area contributed by atoms with E-state index in [0.717, 1.165) is 0 Å². The molecule has 0 saturated carbocycles. The van der Waals surface area contributed by atoms with Gasteiger partial charge in [0.2, 0.25) is 0 Å². The predicted octanol–water partition coefficient (Wildman–Crippen LogP) is 3.59. The number of carbonyl (C=O) groups excluding carboxylic acids is 1. The lowest BCUT2D eigenvalue weighted by atomic mass is 9.97.